The lowest BCUT2D eigenvalue weighted by molar-refractivity contribution is -0.384. The van der Waals surface area contributed by atoms with Crippen LogP contribution in [0.2, 0.25) is 0 Å². The van der Waals surface area contributed by atoms with Gasteiger partial charge in [0.25, 0.3) is 12.0 Å². The molecule has 4 atom stereocenters. The average molecular weight is 495 g/mol. The molecule has 0 unspecified atom stereocenters. The number of nitrogens with zero attached hydrogens (tertiary/aromatic N) is 2. The van der Waals surface area contributed by atoms with Crippen LogP contribution in [0, 0.1) is 22.0 Å². The summed E-state index contributed by atoms with van der Waals surface area (Å²) in [5.74, 6) is -4.84. The number of imide groups is 1. The second-order valence-electron chi connectivity index (χ2n) is 7.25. The number of esters is 2. The van der Waals surface area contributed by atoms with Gasteiger partial charge in [0.05, 0.1) is 28.6 Å². The number of halogens is 1. The van der Waals surface area contributed by atoms with E-state index in [1.54, 1.807) is 6.08 Å². The molecule has 2 fully saturated rings. The Morgan fingerprint density at radius 3 is 2.42 bits per heavy atom. The smallest absolute Gasteiger partial charge is 0.305 e. The van der Waals surface area contributed by atoms with Crippen molar-refractivity contribution in [1.29, 1.82) is 0 Å². The van der Waals surface area contributed by atoms with Crippen LogP contribution >= 0.6 is 15.9 Å². The number of carbonyl (C=O) groups is 4. The number of carbonyl (C=O) groups excluding carboxylic acids is 4. The molecule has 12 heteroatoms. The van der Waals surface area contributed by atoms with E-state index in [9.17, 15) is 29.3 Å². The second-order valence-corrected chi connectivity index (χ2v) is 8.11. The van der Waals surface area contributed by atoms with Crippen molar-refractivity contribution in [3.8, 4) is 0 Å². The molecule has 162 valence electrons. The number of rotatable bonds is 5. The molecule has 0 radical (unpaired) electrons. The van der Waals surface area contributed by atoms with Crippen LogP contribution in [0.3, 0.4) is 0 Å². The van der Waals surface area contributed by atoms with E-state index >= 15 is 0 Å². The molecule has 0 spiro atoms. The van der Waals surface area contributed by atoms with Gasteiger partial charge in [-0.25, -0.2) is 4.90 Å². The normalized spacial score (nSPS) is 28.3. The van der Waals surface area contributed by atoms with Gasteiger partial charge in [0, 0.05) is 30.5 Å². The van der Waals surface area contributed by atoms with Crippen molar-refractivity contribution in [3.63, 3.8) is 0 Å². The van der Waals surface area contributed by atoms with Crippen molar-refractivity contribution < 1.29 is 38.3 Å². The van der Waals surface area contributed by atoms with Gasteiger partial charge in [-0.05, 0) is 28.1 Å². The molecular formula is C19H15BrN2O9. The molecule has 4 rings (SSSR count). The first kappa shape index (κ1) is 21.1. The summed E-state index contributed by atoms with van der Waals surface area (Å²) in [7, 11) is 0. The number of hydrogen-bond acceptors (Lipinski definition) is 9. The standard InChI is InChI=1S/C19H15BrN2O9/c1-8(23)29-18(30-9(2)24)19-6-5-13(31-19)14-15(19)17(26)21(16(14)25)12-4-3-10(22(27)28)7-11(12)20/h3-7,13-15,18H,1-2H3/t13-,14-,15-,19+/m1/s1. The molecule has 1 aromatic rings. The summed E-state index contributed by atoms with van der Waals surface area (Å²) in [4.78, 5) is 61.1. The number of fused-ring (bicyclic) bond motifs is 5. The highest BCUT2D eigenvalue weighted by molar-refractivity contribution is 9.10. The molecule has 11 nitrogen and oxygen atoms in total. The van der Waals surface area contributed by atoms with Gasteiger partial charge < -0.3 is 14.2 Å². The molecule has 31 heavy (non-hydrogen) atoms. The third-order valence-corrected chi connectivity index (χ3v) is 6.01. The van der Waals surface area contributed by atoms with Gasteiger partial charge in [0.15, 0.2) is 5.60 Å². The molecule has 2 amide bonds. The molecule has 3 aliphatic rings. The summed E-state index contributed by atoms with van der Waals surface area (Å²) < 4.78 is 16.3. The van der Waals surface area contributed by atoms with Crippen LogP contribution in [0.15, 0.2) is 34.8 Å². The van der Waals surface area contributed by atoms with E-state index in [1.807, 2.05) is 0 Å². The fourth-order valence-corrected chi connectivity index (χ4v) is 4.79. The van der Waals surface area contributed by atoms with Crippen LogP contribution in [0.5, 0.6) is 0 Å². The number of hydrogen-bond donors (Lipinski definition) is 0. The van der Waals surface area contributed by atoms with Gasteiger partial charge in [-0.2, -0.15) is 0 Å². The maximum absolute atomic E-state index is 13.4. The lowest BCUT2D eigenvalue weighted by Gasteiger charge is -2.34. The van der Waals surface area contributed by atoms with Gasteiger partial charge in [-0.3, -0.25) is 29.3 Å². The third kappa shape index (κ3) is 3.13. The molecule has 3 heterocycles. The zero-order valence-corrected chi connectivity index (χ0v) is 17.7. The maximum atomic E-state index is 13.4. The monoisotopic (exact) mass is 494 g/mol. The largest absolute Gasteiger partial charge is 0.422 e. The first-order valence-electron chi connectivity index (χ1n) is 9.10. The lowest BCUT2D eigenvalue weighted by Crippen LogP contribution is -2.52. The Morgan fingerprint density at radius 2 is 1.87 bits per heavy atom. The Kier molecular flexibility index (Phi) is 4.93. The molecule has 1 aromatic carbocycles. The van der Waals surface area contributed by atoms with Crippen molar-refractivity contribution in [3.05, 3.63) is 44.9 Å². The summed E-state index contributed by atoms with van der Waals surface area (Å²) in [5.41, 5.74) is -1.76. The van der Waals surface area contributed by atoms with Crippen molar-refractivity contribution in [1.82, 2.24) is 0 Å². The van der Waals surface area contributed by atoms with Crippen LogP contribution in [-0.4, -0.2) is 46.7 Å². The Hall–Kier alpha value is -3.12. The van der Waals surface area contributed by atoms with Crippen LogP contribution in [0.4, 0.5) is 11.4 Å². The van der Waals surface area contributed by atoms with Gasteiger partial charge >= 0.3 is 11.9 Å². The second kappa shape index (κ2) is 7.24. The van der Waals surface area contributed by atoms with E-state index in [-0.39, 0.29) is 15.8 Å². The molecule has 0 saturated carbocycles. The number of non-ortho nitro benzene ring substituents is 1. The van der Waals surface area contributed by atoms with Crippen LogP contribution in [0.25, 0.3) is 0 Å². The fraction of sp³-hybridized carbons (Fsp3) is 0.368. The van der Waals surface area contributed by atoms with E-state index in [0.29, 0.717) is 0 Å². The molecular weight excluding hydrogens is 480 g/mol. The average Bonchev–Trinajstić information content (AvgIpc) is 3.32. The first-order chi connectivity index (χ1) is 14.6. The van der Waals surface area contributed by atoms with Crippen molar-refractivity contribution in [2.75, 3.05) is 4.90 Å². The summed E-state index contributed by atoms with van der Waals surface area (Å²) in [6.07, 6.45) is 0.656. The molecule has 0 aromatic heterocycles. The number of ether oxygens (including phenoxy) is 3. The number of nitro groups is 1. The quantitative estimate of drug-likeness (QED) is 0.149. The van der Waals surface area contributed by atoms with Crippen LogP contribution in [0.1, 0.15) is 13.8 Å². The Balaban J connectivity index is 1.75. The molecule has 0 N–H and O–H groups in total. The zero-order valence-electron chi connectivity index (χ0n) is 16.1. The van der Waals surface area contributed by atoms with Crippen molar-refractivity contribution in [2.45, 2.75) is 31.8 Å². The van der Waals surface area contributed by atoms with E-state index in [2.05, 4.69) is 15.9 Å². The zero-order chi connectivity index (χ0) is 22.7. The van der Waals surface area contributed by atoms with E-state index in [0.717, 1.165) is 18.7 Å². The highest BCUT2D eigenvalue weighted by atomic mass is 79.9. The van der Waals surface area contributed by atoms with Crippen molar-refractivity contribution in [2.24, 2.45) is 11.8 Å². The fourth-order valence-electron chi connectivity index (χ4n) is 4.24. The minimum absolute atomic E-state index is 0.126. The molecule has 0 aliphatic carbocycles. The number of anilines is 1. The maximum Gasteiger partial charge on any atom is 0.305 e. The summed E-state index contributed by atoms with van der Waals surface area (Å²) in [6.45, 7) is 2.22. The predicted octanol–water partition coefficient (Wildman–Crippen LogP) is 1.62. The molecule has 2 saturated heterocycles. The topological polar surface area (TPSA) is 142 Å². The predicted molar refractivity (Wildman–Crippen MR) is 104 cm³/mol. The Bertz CT molecular complexity index is 1050. The Labute approximate surface area is 183 Å². The SMILES string of the molecule is CC(=O)OC(OC(C)=O)[C@@]12C=C[C@@H](O1)[C@H]1C(=O)N(c3ccc([N+](=O)[O-])cc3Br)C(=O)[C@@H]12. The summed E-state index contributed by atoms with van der Waals surface area (Å²) >= 11 is 3.18. The molecule has 3 aliphatic heterocycles. The van der Waals surface area contributed by atoms with Gasteiger partial charge in [-0.15, -0.1) is 0 Å². The number of nitro benzene ring substituents is 1. The van der Waals surface area contributed by atoms with E-state index in [4.69, 9.17) is 14.2 Å². The van der Waals surface area contributed by atoms with Crippen molar-refractivity contribution >= 4 is 51.1 Å². The minimum Gasteiger partial charge on any atom is -0.422 e. The lowest BCUT2D eigenvalue weighted by atomic mass is 9.76. The number of amides is 2. The van der Waals surface area contributed by atoms with Gasteiger partial charge in [0.2, 0.25) is 11.8 Å². The number of benzene rings is 1. The first-order valence-corrected chi connectivity index (χ1v) is 9.89. The summed E-state index contributed by atoms with van der Waals surface area (Å²) in [5, 5.41) is 11.0. The van der Waals surface area contributed by atoms with Gasteiger partial charge in [0.1, 0.15) is 0 Å². The van der Waals surface area contributed by atoms with Crippen LogP contribution in [-0.2, 0) is 33.4 Å². The minimum atomic E-state index is -1.67. The van der Waals surface area contributed by atoms with E-state index < -0.39 is 58.5 Å². The summed E-state index contributed by atoms with van der Waals surface area (Å²) in [6, 6.07) is 3.65. The van der Waals surface area contributed by atoms with Crippen LogP contribution < -0.4 is 4.90 Å². The highest BCUT2D eigenvalue weighted by Crippen LogP contribution is 2.55. The highest BCUT2D eigenvalue weighted by Gasteiger charge is 2.72. The Morgan fingerprint density at radius 1 is 1.23 bits per heavy atom. The van der Waals surface area contributed by atoms with E-state index in [1.165, 1.54) is 24.3 Å². The third-order valence-electron chi connectivity index (χ3n) is 5.38. The van der Waals surface area contributed by atoms with Gasteiger partial charge in [-0.1, -0.05) is 6.08 Å². The molecule has 2 bridgehead atoms.